The molecule has 2 aromatic carbocycles. The van der Waals surface area contributed by atoms with E-state index in [0.717, 1.165) is 31.3 Å². The first-order valence-electron chi connectivity index (χ1n) is 9.44. The summed E-state index contributed by atoms with van der Waals surface area (Å²) in [5, 5.41) is 3.92. The summed E-state index contributed by atoms with van der Waals surface area (Å²) in [7, 11) is 3.74. The van der Waals surface area contributed by atoms with E-state index in [-0.39, 0.29) is 11.1 Å². The Labute approximate surface area is 173 Å². The van der Waals surface area contributed by atoms with Crippen LogP contribution in [0.4, 0.5) is 16.0 Å². The zero-order valence-corrected chi connectivity index (χ0v) is 17.0. The van der Waals surface area contributed by atoms with E-state index in [1.807, 2.05) is 12.1 Å². The van der Waals surface area contributed by atoms with Crippen molar-refractivity contribution in [3.05, 3.63) is 47.4 Å². The Morgan fingerprint density at radius 3 is 2.69 bits per heavy atom. The average molecular weight is 417 g/mol. The Kier molecular flexibility index (Phi) is 5.69. The maximum Gasteiger partial charge on any atom is 0.227 e. The highest BCUT2D eigenvalue weighted by atomic mass is 35.5. The van der Waals surface area contributed by atoms with Crippen molar-refractivity contribution in [2.24, 2.45) is 0 Å². The third kappa shape index (κ3) is 4.52. The predicted octanol–water partition coefficient (Wildman–Crippen LogP) is 4.65. The fraction of sp³-hybridized carbons (Fsp3) is 0.333. The second kappa shape index (κ2) is 8.39. The van der Waals surface area contributed by atoms with Crippen molar-refractivity contribution in [3.63, 3.8) is 0 Å². The van der Waals surface area contributed by atoms with Gasteiger partial charge in [0.1, 0.15) is 11.9 Å². The van der Waals surface area contributed by atoms with E-state index in [1.165, 1.54) is 12.1 Å². The molecular weight excluding hydrogens is 395 g/mol. The second-order valence-electron chi connectivity index (χ2n) is 7.13. The summed E-state index contributed by atoms with van der Waals surface area (Å²) in [6.45, 7) is 2.04. The summed E-state index contributed by atoms with van der Waals surface area (Å²) in [6.07, 6.45) is 3.85. The summed E-state index contributed by atoms with van der Waals surface area (Å²) < 4.78 is 25.1. The molecular formula is C21H22ClFN4O2. The molecule has 0 aliphatic carbocycles. The maximum atomic E-state index is 13.3. The van der Waals surface area contributed by atoms with Crippen molar-refractivity contribution in [1.29, 1.82) is 0 Å². The Balaban J connectivity index is 1.57. The Morgan fingerprint density at radius 1 is 1.17 bits per heavy atom. The number of halogens is 2. The van der Waals surface area contributed by atoms with Crippen molar-refractivity contribution in [1.82, 2.24) is 14.9 Å². The van der Waals surface area contributed by atoms with Crippen LogP contribution in [-0.4, -0.2) is 48.2 Å². The van der Waals surface area contributed by atoms with Gasteiger partial charge >= 0.3 is 0 Å². The normalized spacial score (nSPS) is 15.4. The molecule has 152 valence electrons. The van der Waals surface area contributed by atoms with Gasteiger partial charge in [-0.25, -0.2) is 14.4 Å². The molecule has 1 fully saturated rings. The fourth-order valence-corrected chi connectivity index (χ4v) is 3.52. The minimum atomic E-state index is -0.474. The van der Waals surface area contributed by atoms with Crippen LogP contribution in [0.25, 0.3) is 10.9 Å². The number of likely N-dealkylation sites (tertiary alicyclic amines) is 1. The molecule has 8 heteroatoms. The topological polar surface area (TPSA) is 59.5 Å². The van der Waals surface area contributed by atoms with Gasteiger partial charge in [-0.3, -0.25) is 0 Å². The highest BCUT2D eigenvalue weighted by molar-refractivity contribution is 6.31. The summed E-state index contributed by atoms with van der Waals surface area (Å²) in [6, 6.07) is 8.11. The Hall–Kier alpha value is -2.64. The van der Waals surface area contributed by atoms with Gasteiger partial charge in [-0.1, -0.05) is 11.6 Å². The van der Waals surface area contributed by atoms with Gasteiger partial charge in [0.15, 0.2) is 11.5 Å². The highest BCUT2D eigenvalue weighted by Gasteiger charge is 2.20. The van der Waals surface area contributed by atoms with Crippen LogP contribution >= 0.6 is 11.6 Å². The van der Waals surface area contributed by atoms with E-state index in [2.05, 4.69) is 27.2 Å². The third-order valence-electron chi connectivity index (χ3n) is 5.00. The molecule has 0 saturated carbocycles. The number of nitrogens with one attached hydrogen (secondary N) is 1. The largest absolute Gasteiger partial charge is 0.493 e. The molecule has 0 unspecified atom stereocenters. The smallest absolute Gasteiger partial charge is 0.227 e. The number of rotatable bonds is 5. The molecule has 1 aliphatic rings. The van der Waals surface area contributed by atoms with E-state index >= 15 is 0 Å². The number of benzene rings is 2. The molecule has 4 rings (SSSR count). The monoisotopic (exact) mass is 416 g/mol. The number of ether oxygens (including phenoxy) is 2. The first-order chi connectivity index (χ1) is 14.0. The summed E-state index contributed by atoms with van der Waals surface area (Å²) in [5.41, 5.74) is 1.31. The number of fused-ring (bicyclic) bond motifs is 1. The van der Waals surface area contributed by atoms with Crippen LogP contribution in [-0.2, 0) is 0 Å². The van der Waals surface area contributed by atoms with E-state index in [4.69, 9.17) is 21.1 Å². The van der Waals surface area contributed by atoms with Crippen LogP contribution < -0.4 is 14.8 Å². The molecule has 0 bridgehead atoms. The minimum Gasteiger partial charge on any atom is -0.493 e. The molecule has 0 radical (unpaired) electrons. The Morgan fingerprint density at radius 2 is 1.97 bits per heavy atom. The fourth-order valence-electron chi connectivity index (χ4n) is 3.34. The Bertz CT molecular complexity index is 1020. The van der Waals surface area contributed by atoms with Gasteiger partial charge in [0, 0.05) is 36.4 Å². The van der Waals surface area contributed by atoms with Crippen molar-refractivity contribution < 1.29 is 13.9 Å². The van der Waals surface area contributed by atoms with Crippen molar-refractivity contribution in [2.45, 2.75) is 18.9 Å². The number of methoxy groups -OCH3 is 1. The standard InChI is InChI=1S/C21H22ClFN4O2/c1-27-7-5-15(6-8-27)29-20-9-13-12-24-21(26-18(13)11-19(20)28-2)25-14-3-4-17(23)16(22)10-14/h3-4,9-12,15H,5-8H2,1-2H3,(H,24,25,26). The molecule has 2 heterocycles. The van der Waals surface area contributed by atoms with Gasteiger partial charge in [-0.05, 0) is 44.2 Å². The molecule has 1 saturated heterocycles. The van der Waals surface area contributed by atoms with E-state index in [0.29, 0.717) is 28.7 Å². The summed E-state index contributed by atoms with van der Waals surface area (Å²) >= 11 is 5.83. The number of hydrogen-bond donors (Lipinski definition) is 1. The van der Waals surface area contributed by atoms with Crippen LogP contribution in [0, 0.1) is 5.82 Å². The molecule has 0 atom stereocenters. The zero-order chi connectivity index (χ0) is 20.4. The summed E-state index contributed by atoms with van der Waals surface area (Å²) in [4.78, 5) is 11.2. The number of piperidine rings is 1. The average Bonchev–Trinajstić information content (AvgIpc) is 2.72. The SMILES string of the molecule is COc1cc2nc(Nc3ccc(F)c(Cl)c3)ncc2cc1OC1CCN(C)CC1. The zero-order valence-electron chi connectivity index (χ0n) is 16.3. The van der Waals surface area contributed by atoms with Gasteiger partial charge in [0.2, 0.25) is 5.95 Å². The van der Waals surface area contributed by atoms with Crippen molar-refractivity contribution in [2.75, 3.05) is 32.6 Å². The minimum absolute atomic E-state index is 0.0353. The summed E-state index contributed by atoms with van der Waals surface area (Å²) in [5.74, 6) is 1.24. The molecule has 1 aromatic heterocycles. The van der Waals surface area contributed by atoms with E-state index < -0.39 is 5.82 Å². The van der Waals surface area contributed by atoms with Gasteiger partial charge in [0.25, 0.3) is 0 Å². The number of hydrogen-bond acceptors (Lipinski definition) is 6. The first-order valence-corrected chi connectivity index (χ1v) is 9.81. The third-order valence-corrected chi connectivity index (χ3v) is 5.29. The van der Waals surface area contributed by atoms with Crippen molar-refractivity contribution in [3.8, 4) is 11.5 Å². The molecule has 1 N–H and O–H groups in total. The number of aromatic nitrogens is 2. The lowest BCUT2D eigenvalue weighted by Gasteiger charge is -2.29. The lowest BCUT2D eigenvalue weighted by Crippen LogP contribution is -2.35. The molecule has 6 nitrogen and oxygen atoms in total. The molecule has 29 heavy (non-hydrogen) atoms. The molecule has 1 aliphatic heterocycles. The second-order valence-corrected chi connectivity index (χ2v) is 7.54. The first kappa shape index (κ1) is 19.7. The van der Waals surface area contributed by atoms with E-state index in [9.17, 15) is 4.39 Å². The van der Waals surface area contributed by atoms with Crippen LogP contribution in [0.2, 0.25) is 5.02 Å². The van der Waals surface area contributed by atoms with Crippen LogP contribution in [0.5, 0.6) is 11.5 Å². The van der Waals surface area contributed by atoms with Gasteiger partial charge in [-0.15, -0.1) is 0 Å². The lowest BCUT2D eigenvalue weighted by atomic mass is 10.1. The van der Waals surface area contributed by atoms with E-state index in [1.54, 1.807) is 19.4 Å². The predicted molar refractivity (Wildman–Crippen MR) is 112 cm³/mol. The molecule has 0 spiro atoms. The highest BCUT2D eigenvalue weighted by Crippen LogP contribution is 2.34. The van der Waals surface area contributed by atoms with Crippen LogP contribution in [0.1, 0.15) is 12.8 Å². The van der Waals surface area contributed by atoms with Crippen LogP contribution in [0.15, 0.2) is 36.5 Å². The molecule has 3 aromatic rings. The van der Waals surface area contributed by atoms with Gasteiger partial charge in [0.05, 0.1) is 17.6 Å². The van der Waals surface area contributed by atoms with Crippen molar-refractivity contribution >= 4 is 34.1 Å². The lowest BCUT2D eigenvalue weighted by molar-refractivity contribution is 0.111. The van der Waals surface area contributed by atoms with Crippen LogP contribution in [0.3, 0.4) is 0 Å². The van der Waals surface area contributed by atoms with Gasteiger partial charge < -0.3 is 19.7 Å². The number of anilines is 2. The molecule has 0 amide bonds. The van der Waals surface area contributed by atoms with Gasteiger partial charge in [-0.2, -0.15) is 0 Å². The quantitative estimate of drug-likeness (QED) is 0.653. The maximum absolute atomic E-state index is 13.3. The number of nitrogens with zero attached hydrogens (tertiary/aromatic N) is 3.